The second-order valence-electron chi connectivity index (χ2n) is 3.90. The Labute approximate surface area is 121 Å². The van der Waals surface area contributed by atoms with Crippen LogP contribution in [0.1, 0.15) is 15.2 Å². The zero-order valence-corrected chi connectivity index (χ0v) is 11.3. The molecule has 0 bridgehead atoms. The second-order valence-corrected chi connectivity index (χ2v) is 4.87. The van der Waals surface area contributed by atoms with E-state index in [1.807, 2.05) is 5.43 Å². The van der Waals surface area contributed by atoms with Crippen LogP contribution in [-0.2, 0) is 6.54 Å². The first-order valence-corrected chi connectivity index (χ1v) is 6.51. The van der Waals surface area contributed by atoms with E-state index in [1.54, 1.807) is 11.7 Å². The number of aromatic nitrogens is 1. The van der Waals surface area contributed by atoms with Gasteiger partial charge in [0.25, 0.3) is 11.6 Å². The summed E-state index contributed by atoms with van der Waals surface area (Å²) in [6, 6.07) is 1.65. The molecule has 0 aliphatic heterocycles. The molecule has 4 N–H and O–H groups in total. The number of anilines is 1. The first kappa shape index (κ1) is 14.8. The Kier molecular flexibility index (Phi) is 4.40. The lowest BCUT2D eigenvalue weighted by atomic mass is 10.1. The lowest BCUT2D eigenvalue weighted by Gasteiger charge is -2.08. The molecule has 1 aromatic heterocycles. The molecule has 1 aromatic carbocycles. The summed E-state index contributed by atoms with van der Waals surface area (Å²) in [6.45, 7) is 0.170. The molecule has 10 heteroatoms. The lowest BCUT2D eigenvalue weighted by molar-refractivity contribution is -0.385. The maximum atomic E-state index is 13.5. The number of nitrogens with one attached hydrogen (secondary N) is 2. The van der Waals surface area contributed by atoms with Gasteiger partial charge in [-0.3, -0.25) is 25.7 Å². The Hall–Kier alpha value is -2.59. The highest BCUT2D eigenvalue weighted by molar-refractivity contribution is 7.09. The molecule has 0 aliphatic rings. The summed E-state index contributed by atoms with van der Waals surface area (Å²) in [5.74, 6) is 3.48. The van der Waals surface area contributed by atoms with E-state index in [1.165, 1.54) is 11.3 Å². The summed E-state index contributed by atoms with van der Waals surface area (Å²) in [4.78, 5) is 26.7. The SMILES string of the molecule is NNc1cc(C(=O)NCc2cncs2)c([N+](=O)[O-])cc1F. The molecule has 110 valence electrons. The maximum Gasteiger partial charge on any atom is 0.285 e. The zero-order valence-electron chi connectivity index (χ0n) is 10.5. The summed E-state index contributed by atoms with van der Waals surface area (Å²) >= 11 is 1.33. The molecule has 1 amide bonds. The summed E-state index contributed by atoms with van der Waals surface area (Å²) < 4.78 is 13.5. The van der Waals surface area contributed by atoms with Gasteiger partial charge in [-0.2, -0.15) is 0 Å². The number of nitrogen functional groups attached to an aromatic ring is 1. The van der Waals surface area contributed by atoms with E-state index in [0.29, 0.717) is 6.07 Å². The van der Waals surface area contributed by atoms with Crippen LogP contribution in [0.25, 0.3) is 0 Å². The molecule has 0 saturated heterocycles. The molecule has 2 aromatic rings. The first-order chi connectivity index (χ1) is 10.0. The minimum atomic E-state index is -0.914. The highest BCUT2D eigenvalue weighted by atomic mass is 32.1. The van der Waals surface area contributed by atoms with Gasteiger partial charge < -0.3 is 10.7 Å². The van der Waals surface area contributed by atoms with Crippen molar-refractivity contribution in [3.05, 3.63) is 50.2 Å². The van der Waals surface area contributed by atoms with E-state index in [2.05, 4.69) is 10.3 Å². The molecule has 21 heavy (non-hydrogen) atoms. The van der Waals surface area contributed by atoms with Crippen molar-refractivity contribution < 1.29 is 14.1 Å². The number of nitrogens with two attached hydrogens (primary N) is 1. The van der Waals surface area contributed by atoms with Gasteiger partial charge in [-0.15, -0.1) is 11.3 Å². The number of thiazole rings is 1. The van der Waals surface area contributed by atoms with E-state index in [0.717, 1.165) is 10.9 Å². The summed E-state index contributed by atoms with van der Waals surface area (Å²) in [7, 11) is 0. The smallest absolute Gasteiger partial charge is 0.285 e. The average Bonchev–Trinajstić information content (AvgIpc) is 2.97. The van der Waals surface area contributed by atoms with Crippen molar-refractivity contribution >= 4 is 28.6 Å². The normalized spacial score (nSPS) is 10.2. The minimum absolute atomic E-state index is 0.170. The molecule has 0 fully saturated rings. The van der Waals surface area contributed by atoms with Crippen LogP contribution >= 0.6 is 11.3 Å². The minimum Gasteiger partial charge on any atom is -0.347 e. The standard InChI is InChI=1S/C11H10FN5O3S/c12-8-2-10(17(19)20)7(1-9(8)16-13)11(18)15-4-6-3-14-5-21-6/h1-3,5,16H,4,13H2,(H,15,18). The number of hydrogen-bond acceptors (Lipinski definition) is 7. The molecule has 0 atom stereocenters. The predicted octanol–water partition coefficient (Wildman–Crippen LogP) is 1.41. The Morgan fingerprint density at radius 2 is 2.29 bits per heavy atom. The number of hydrogen-bond donors (Lipinski definition) is 3. The number of carbonyl (C=O) groups excluding carboxylic acids is 1. The maximum absolute atomic E-state index is 13.5. The molecule has 8 nitrogen and oxygen atoms in total. The summed E-state index contributed by atoms with van der Waals surface area (Å²) in [5, 5.41) is 13.4. The molecule has 2 rings (SSSR count). The van der Waals surface area contributed by atoms with Crippen LogP contribution in [0.4, 0.5) is 15.8 Å². The van der Waals surface area contributed by atoms with E-state index in [9.17, 15) is 19.3 Å². The van der Waals surface area contributed by atoms with Gasteiger partial charge in [0.2, 0.25) is 0 Å². The van der Waals surface area contributed by atoms with Gasteiger partial charge in [0, 0.05) is 11.1 Å². The van der Waals surface area contributed by atoms with Crippen LogP contribution in [-0.4, -0.2) is 15.8 Å². The number of benzene rings is 1. The van der Waals surface area contributed by atoms with Crippen molar-refractivity contribution in [3.63, 3.8) is 0 Å². The third-order valence-corrected chi connectivity index (χ3v) is 3.37. The third kappa shape index (κ3) is 3.30. The van der Waals surface area contributed by atoms with Gasteiger partial charge in [0.1, 0.15) is 5.56 Å². The molecule has 0 saturated carbocycles. The van der Waals surface area contributed by atoms with Crippen molar-refractivity contribution in [1.29, 1.82) is 0 Å². The van der Waals surface area contributed by atoms with Crippen LogP contribution in [0.2, 0.25) is 0 Å². The average molecular weight is 311 g/mol. The molecule has 1 heterocycles. The molecule has 0 unspecified atom stereocenters. The van der Waals surface area contributed by atoms with Crippen LogP contribution in [0.3, 0.4) is 0 Å². The molecular formula is C11H10FN5O3S. The summed E-state index contributed by atoms with van der Waals surface area (Å²) in [6.07, 6.45) is 1.57. The van der Waals surface area contributed by atoms with Crippen LogP contribution in [0, 0.1) is 15.9 Å². The number of amides is 1. The van der Waals surface area contributed by atoms with Crippen molar-refractivity contribution in [2.75, 3.05) is 5.43 Å². The second kappa shape index (κ2) is 6.24. The van der Waals surface area contributed by atoms with Crippen molar-refractivity contribution in [3.8, 4) is 0 Å². The first-order valence-electron chi connectivity index (χ1n) is 5.63. The number of nitrogens with zero attached hydrogens (tertiary/aromatic N) is 2. The van der Waals surface area contributed by atoms with Gasteiger partial charge in [-0.05, 0) is 6.07 Å². The molecule has 0 spiro atoms. The highest BCUT2D eigenvalue weighted by Gasteiger charge is 2.23. The topological polar surface area (TPSA) is 123 Å². The number of halogens is 1. The Morgan fingerprint density at radius 3 is 2.86 bits per heavy atom. The van der Waals surface area contributed by atoms with E-state index < -0.39 is 22.3 Å². The van der Waals surface area contributed by atoms with Crippen LogP contribution in [0.15, 0.2) is 23.8 Å². The van der Waals surface area contributed by atoms with Crippen molar-refractivity contribution in [2.45, 2.75) is 6.54 Å². The third-order valence-electron chi connectivity index (χ3n) is 2.59. The Balaban J connectivity index is 2.27. The molecule has 0 radical (unpaired) electrons. The highest BCUT2D eigenvalue weighted by Crippen LogP contribution is 2.25. The quantitative estimate of drug-likeness (QED) is 0.436. The largest absolute Gasteiger partial charge is 0.347 e. The van der Waals surface area contributed by atoms with E-state index in [-0.39, 0.29) is 17.8 Å². The van der Waals surface area contributed by atoms with E-state index in [4.69, 9.17) is 5.84 Å². The number of carbonyl (C=O) groups is 1. The Morgan fingerprint density at radius 1 is 1.52 bits per heavy atom. The Bertz CT molecular complexity index is 677. The van der Waals surface area contributed by atoms with E-state index >= 15 is 0 Å². The molecule has 0 aliphatic carbocycles. The monoisotopic (exact) mass is 311 g/mol. The number of hydrazine groups is 1. The van der Waals surface area contributed by atoms with Gasteiger partial charge in [0.05, 0.1) is 28.7 Å². The van der Waals surface area contributed by atoms with Crippen molar-refractivity contribution in [1.82, 2.24) is 10.3 Å². The van der Waals surface area contributed by atoms with Crippen LogP contribution < -0.4 is 16.6 Å². The fraction of sp³-hybridized carbons (Fsp3) is 0.0909. The number of rotatable bonds is 5. The van der Waals surface area contributed by atoms with Gasteiger partial charge in [0.15, 0.2) is 5.82 Å². The summed E-state index contributed by atoms with van der Waals surface area (Å²) in [5.41, 5.74) is 2.52. The van der Waals surface area contributed by atoms with Crippen LogP contribution in [0.5, 0.6) is 0 Å². The fourth-order valence-electron chi connectivity index (χ4n) is 1.60. The zero-order chi connectivity index (χ0) is 15.4. The lowest BCUT2D eigenvalue weighted by Crippen LogP contribution is -2.24. The predicted molar refractivity (Wildman–Crippen MR) is 74.1 cm³/mol. The van der Waals surface area contributed by atoms with Crippen molar-refractivity contribution in [2.24, 2.45) is 5.84 Å². The fourth-order valence-corrected chi connectivity index (χ4v) is 2.13. The van der Waals surface area contributed by atoms with Gasteiger partial charge in [-0.1, -0.05) is 0 Å². The number of nitro benzene ring substituents is 1. The number of nitro groups is 1. The van der Waals surface area contributed by atoms with Gasteiger partial charge >= 0.3 is 0 Å². The molecular weight excluding hydrogens is 301 g/mol. The van der Waals surface area contributed by atoms with Gasteiger partial charge in [-0.25, -0.2) is 4.39 Å².